The Hall–Kier alpha value is -1.64. The van der Waals surface area contributed by atoms with Gasteiger partial charge in [0.05, 0.1) is 17.8 Å². The van der Waals surface area contributed by atoms with Crippen LogP contribution in [0.15, 0.2) is 23.2 Å². The second-order valence-corrected chi connectivity index (χ2v) is 4.23. The van der Waals surface area contributed by atoms with Crippen molar-refractivity contribution < 1.29 is 4.74 Å². The predicted octanol–water partition coefficient (Wildman–Crippen LogP) is 2.70. The number of guanidine groups is 1. The molecular weight excluding hydrogens is 381 g/mol. The first kappa shape index (κ1) is 17.4. The van der Waals surface area contributed by atoms with Gasteiger partial charge in [-0.25, -0.2) is 9.97 Å². The zero-order chi connectivity index (χ0) is 14.5. The van der Waals surface area contributed by atoms with Gasteiger partial charge in [0.1, 0.15) is 5.75 Å². The summed E-state index contributed by atoms with van der Waals surface area (Å²) >= 11 is 0. The second-order valence-electron chi connectivity index (χ2n) is 4.23. The molecule has 0 saturated carbocycles. The molecule has 3 N–H and O–H groups in total. The van der Waals surface area contributed by atoms with Crippen molar-refractivity contribution >= 4 is 46.8 Å². The Labute approximate surface area is 141 Å². The van der Waals surface area contributed by atoms with E-state index in [-0.39, 0.29) is 24.0 Å². The molecule has 114 valence electrons. The minimum absolute atomic E-state index is 0. The largest absolute Gasteiger partial charge is 0.494 e. The summed E-state index contributed by atoms with van der Waals surface area (Å²) in [6.45, 7) is 7.03. The van der Waals surface area contributed by atoms with Crippen LogP contribution in [0.2, 0.25) is 0 Å². The van der Waals surface area contributed by atoms with Crippen molar-refractivity contribution in [1.82, 2.24) is 9.97 Å². The first-order valence-electron chi connectivity index (χ1n) is 6.62. The van der Waals surface area contributed by atoms with Crippen molar-refractivity contribution in [2.75, 3.05) is 18.5 Å². The number of hydrogen-bond donors (Lipinski definition) is 2. The van der Waals surface area contributed by atoms with E-state index < -0.39 is 0 Å². The van der Waals surface area contributed by atoms with Gasteiger partial charge in [-0.1, -0.05) is 0 Å². The predicted molar refractivity (Wildman–Crippen MR) is 96.6 cm³/mol. The number of nitrogens with one attached hydrogen (secondary N) is 1. The molecular formula is C14H20IN5O. The minimum atomic E-state index is 0. The Kier molecular flexibility index (Phi) is 6.60. The molecule has 21 heavy (non-hydrogen) atoms. The first-order valence-corrected chi connectivity index (χ1v) is 6.62. The topological polar surface area (TPSA) is 85.4 Å². The van der Waals surface area contributed by atoms with Gasteiger partial charge in [0.25, 0.3) is 0 Å². The van der Waals surface area contributed by atoms with Gasteiger partial charge >= 0.3 is 0 Å². The van der Waals surface area contributed by atoms with E-state index in [1.54, 1.807) is 0 Å². The average Bonchev–Trinajstić information content (AvgIpc) is 2.39. The van der Waals surface area contributed by atoms with Crippen molar-refractivity contribution in [3.8, 4) is 5.75 Å². The molecule has 1 aromatic carbocycles. The Bertz CT molecular complexity index is 645. The molecule has 0 unspecified atom stereocenters. The molecule has 6 nitrogen and oxygen atoms in total. The summed E-state index contributed by atoms with van der Waals surface area (Å²) < 4.78 is 5.48. The summed E-state index contributed by atoms with van der Waals surface area (Å²) in [5, 5.41) is 3.88. The number of benzene rings is 1. The van der Waals surface area contributed by atoms with E-state index in [1.807, 2.05) is 39.0 Å². The number of ether oxygens (including phenoxy) is 1. The molecule has 0 amide bonds. The number of aryl methyl sites for hydroxylation is 1. The molecule has 0 bridgehead atoms. The highest BCUT2D eigenvalue weighted by Crippen LogP contribution is 2.22. The monoisotopic (exact) mass is 401 g/mol. The molecule has 2 rings (SSSR count). The number of nitrogens with zero attached hydrogens (tertiary/aromatic N) is 3. The number of hydrogen-bond acceptors (Lipinski definition) is 4. The number of nitrogens with two attached hydrogens (primary N) is 1. The Morgan fingerprint density at radius 2 is 2.10 bits per heavy atom. The van der Waals surface area contributed by atoms with Gasteiger partial charge in [-0.15, -0.1) is 24.0 Å². The SMILES string of the molecule is CCN=C(N)Nc1nc(C)c2ccc(OCC)cc2n1.I. The summed E-state index contributed by atoms with van der Waals surface area (Å²) in [6, 6.07) is 5.77. The average molecular weight is 401 g/mol. The molecule has 7 heteroatoms. The molecule has 0 fully saturated rings. The summed E-state index contributed by atoms with van der Waals surface area (Å²) in [5.41, 5.74) is 7.42. The maximum absolute atomic E-state index is 5.72. The quantitative estimate of drug-likeness (QED) is 0.468. The molecule has 0 aliphatic carbocycles. The van der Waals surface area contributed by atoms with Gasteiger partial charge in [-0.2, -0.15) is 0 Å². The van der Waals surface area contributed by atoms with Crippen LogP contribution in [-0.2, 0) is 0 Å². The van der Waals surface area contributed by atoms with Crippen LogP contribution in [0.5, 0.6) is 5.75 Å². The summed E-state index contributed by atoms with van der Waals surface area (Å²) in [4.78, 5) is 12.9. The van der Waals surface area contributed by atoms with Gasteiger partial charge < -0.3 is 10.5 Å². The molecule has 2 aromatic rings. The summed E-state index contributed by atoms with van der Waals surface area (Å²) in [6.07, 6.45) is 0. The number of aromatic nitrogens is 2. The lowest BCUT2D eigenvalue weighted by atomic mass is 10.2. The molecule has 0 saturated heterocycles. The molecule has 0 radical (unpaired) electrons. The fourth-order valence-electron chi connectivity index (χ4n) is 1.90. The minimum Gasteiger partial charge on any atom is -0.494 e. The van der Waals surface area contributed by atoms with Crippen molar-refractivity contribution in [3.63, 3.8) is 0 Å². The lowest BCUT2D eigenvalue weighted by Crippen LogP contribution is -2.24. The molecule has 1 heterocycles. The van der Waals surface area contributed by atoms with Crippen LogP contribution in [0.3, 0.4) is 0 Å². The van der Waals surface area contributed by atoms with Crippen LogP contribution in [-0.4, -0.2) is 29.1 Å². The zero-order valence-corrected chi connectivity index (χ0v) is 14.7. The number of halogens is 1. The van der Waals surface area contributed by atoms with Crippen molar-refractivity contribution in [3.05, 3.63) is 23.9 Å². The molecule has 0 aliphatic rings. The standard InChI is InChI=1S/C14H19N5O.HI/c1-4-16-13(15)19-14-17-9(3)11-7-6-10(20-5-2)8-12(11)18-14;/h6-8H,4-5H2,1-3H3,(H3,15,16,17,18,19);1H. The first-order chi connectivity index (χ1) is 9.63. The molecule has 1 aromatic heterocycles. The highest BCUT2D eigenvalue weighted by atomic mass is 127. The fraction of sp³-hybridized carbons (Fsp3) is 0.357. The van der Waals surface area contributed by atoms with E-state index in [1.165, 1.54) is 0 Å². The number of rotatable bonds is 4. The van der Waals surface area contributed by atoms with Crippen LogP contribution < -0.4 is 15.8 Å². The van der Waals surface area contributed by atoms with E-state index in [9.17, 15) is 0 Å². The Morgan fingerprint density at radius 1 is 1.33 bits per heavy atom. The van der Waals surface area contributed by atoms with Gasteiger partial charge in [0.2, 0.25) is 5.95 Å². The molecule has 0 spiro atoms. The number of anilines is 1. The lowest BCUT2D eigenvalue weighted by molar-refractivity contribution is 0.340. The lowest BCUT2D eigenvalue weighted by Gasteiger charge is -2.09. The Balaban J connectivity index is 0.00000220. The number of fused-ring (bicyclic) bond motifs is 1. The highest BCUT2D eigenvalue weighted by molar-refractivity contribution is 14.0. The van der Waals surface area contributed by atoms with E-state index in [4.69, 9.17) is 10.5 Å². The third-order valence-electron chi connectivity index (χ3n) is 2.74. The van der Waals surface area contributed by atoms with E-state index in [0.717, 1.165) is 22.3 Å². The Morgan fingerprint density at radius 3 is 2.76 bits per heavy atom. The van der Waals surface area contributed by atoms with E-state index in [0.29, 0.717) is 25.1 Å². The van der Waals surface area contributed by atoms with Gasteiger partial charge in [-0.05, 0) is 32.9 Å². The molecule has 0 aliphatic heterocycles. The smallest absolute Gasteiger partial charge is 0.230 e. The van der Waals surface area contributed by atoms with Crippen LogP contribution in [0, 0.1) is 6.92 Å². The van der Waals surface area contributed by atoms with Crippen molar-refractivity contribution in [2.24, 2.45) is 10.7 Å². The van der Waals surface area contributed by atoms with Crippen molar-refractivity contribution in [1.29, 1.82) is 0 Å². The van der Waals surface area contributed by atoms with Crippen LogP contribution >= 0.6 is 24.0 Å². The second kappa shape index (κ2) is 7.96. The molecule has 0 atom stereocenters. The van der Waals surface area contributed by atoms with Crippen LogP contribution in [0.25, 0.3) is 10.9 Å². The summed E-state index contributed by atoms with van der Waals surface area (Å²) in [5.74, 6) is 1.55. The van der Waals surface area contributed by atoms with Gasteiger partial charge in [-0.3, -0.25) is 10.3 Å². The number of aliphatic imine (C=N–C) groups is 1. The van der Waals surface area contributed by atoms with Gasteiger partial charge in [0, 0.05) is 18.0 Å². The normalized spacial score (nSPS) is 11.1. The summed E-state index contributed by atoms with van der Waals surface area (Å²) in [7, 11) is 0. The van der Waals surface area contributed by atoms with E-state index in [2.05, 4.69) is 20.3 Å². The van der Waals surface area contributed by atoms with Crippen LogP contribution in [0.1, 0.15) is 19.5 Å². The third-order valence-corrected chi connectivity index (χ3v) is 2.74. The van der Waals surface area contributed by atoms with Crippen LogP contribution in [0.4, 0.5) is 5.95 Å². The zero-order valence-electron chi connectivity index (χ0n) is 12.4. The van der Waals surface area contributed by atoms with Gasteiger partial charge in [0.15, 0.2) is 5.96 Å². The fourth-order valence-corrected chi connectivity index (χ4v) is 1.90. The third kappa shape index (κ3) is 4.42. The highest BCUT2D eigenvalue weighted by Gasteiger charge is 2.06. The maximum Gasteiger partial charge on any atom is 0.230 e. The maximum atomic E-state index is 5.72. The van der Waals surface area contributed by atoms with Crippen molar-refractivity contribution in [2.45, 2.75) is 20.8 Å². The van der Waals surface area contributed by atoms with E-state index >= 15 is 0 Å².